The Balaban J connectivity index is 3.14. The van der Waals surface area contributed by atoms with Crippen molar-refractivity contribution in [2.24, 2.45) is 0 Å². The van der Waals surface area contributed by atoms with Crippen LogP contribution in [-0.2, 0) is 5.75 Å². The van der Waals surface area contributed by atoms with Gasteiger partial charge in [-0.3, -0.25) is 0 Å². The fourth-order valence-electron chi connectivity index (χ4n) is 0.823. The van der Waals surface area contributed by atoms with Crippen molar-refractivity contribution in [3.63, 3.8) is 0 Å². The molecule has 0 spiro atoms. The van der Waals surface area contributed by atoms with Gasteiger partial charge in [0, 0.05) is 5.75 Å². The molecule has 0 nitrogen and oxygen atoms in total. The Morgan fingerprint density at radius 3 is 2.70 bits per heavy atom. The molecular formula is C8H9FS. The van der Waals surface area contributed by atoms with Gasteiger partial charge in [-0.25, -0.2) is 4.39 Å². The molecule has 1 aromatic carbocycles. The molecule has 0 N–H and O–H groups in total. The number of hydrogen-bond donors (Lipinski definition) is 1. The van der Waals surface area contributed by atoms with Gasteiger partial charge < -0.3 is 0 Å². The standard InChI is InChI=1S/C8H9FS/c1-6-7(5-10)3-2-4-8(6)9/h2-4,10H,5H2,1H3. The number of hydrogen-bond acceptors (Lipinski definition) is 1. The van der Waals surface area contributed by atoms with Crippen molar-refractivity contribution in [3.8, 4) is 0 Å². The maximum Gasteiger partial charge on any atom is 0.126 e. The summed E-state index contributed by atoms with van der Waals surface area (Å²) in [6, 6.07) is 5.04. The van der Waals surface area contributed by atoms with E-state index in [1.165, 1.54) is 6.07 Å². The smallest absolute Gasteiger partial charge is 0.126 e. The van der Waals surface area contributed by atoms with Crippen molar-refractivity contribution in [2.75, 3.05) is 0 Å². The molecule has 0 aromatic heterocycles. The fraction of sp³-hybridized carbons (Fsp3) is 0.250. The Morgan fingerprint density at radius 2 is 2.20 bits per heavy atom. The van der Waals surface area contributed by atoms with Gasteiger partial charge in [-0.2, -0.15) is 12.6 Å². The summed E-state index contributed by atoms with van der Waals surface area (Å²) in [5, 5.41) is 0. The van der Waals surface area contributed by atoms with Gasteiger partial charge in [0.1, 0.15) is 5.82 Å². The molecule has 2 heteroatoms. The second-order valence-corrected chi connectivity index (χ2v) is 2.50. The Kier molecular flexibility index (Phi) is 2.33. The van der Waals surface area contributed by atoms with Crippen LogP contribution in [0.2, 0.25) is 0 Å². The number of benzene rings is 1. The van der Waals surface area contributed by atoms with Gasteiger partial charge in [0.25, 0.3) is 0 Å². The number of halogens is 1. The predicted octanol–water partition coefficient (Wildman–Crippen LogP) is 2.56. The van der Waals surface area contributed by atoms with Gasteiger partial charge in [0.15, 0.2) is 0 Å². The van der Waals surface area contributed by atoms with Crippen LogP contribution in [0.5, 0.6) is 0 Å². The molecular weight excluding hydrogens is 147 g/mol. The third-order valence-corrected chi connectivity index (χ3v) is 1.89. The van der Waals surface area contributed by atoms with Crippen LogP contribution in [0.15, 0.2) is 18.2 Å². The van der Waals surface area contributed by atoms with E-state index in [1.807, 2.05) is 6.07 Å². The SMILES string of the molecule is Cc1c(F)cccc1CS. The average Bonchev–Trinajstić information content (AvgIpc) is 1.95. The summed E-state index contributed by atoms with van der Waals surface area (Å²) in [5.41, 5.74) is 1.67. The van der Waals surface area contributed by atoms with Crippen LogP contribution in [0.3, 0.4) is 0 Å². The average molecular weight is 156 g/mol. The van der Waals surface area contributed by atoms with Crippen LogP contribution in [0, 0.1) is 12.7 Å². The lowest BCUT2D eigenvalue weighted by Gasteiger charge is -2.01. The van der Waals surface area contributed by atoms with Crippen LogP contribution in [-0.4, -0.2) is 0 Å². The molecule has 10 heavy (non-hydrogen) atoms. The minimum absolute atomic E-state index is 0.147. The van der Waals surface area contributed by atoms with Crippen molar-refractivity contribution in [2.45, 2.75) is 12.7 Å². The van der Waals surface area contributed by atoms with E-state index in [4.69, 9.17) is 0 Å². The summed E-state index contributed by atoms with van der Waals surface area (Å²) >= 11 is 4.06. The van der Waals surface area contributed by atoms with E-state index < -0.39 is 0 Å². The van der Waals surface area contributed by atoms with E-state index in [0.717, 1.165) is 5.56 Å². The van der Waals surface area contributed by atoms with Crippen LogP contribution < -0.4 is 0 Å². The largest absolute Gasteiger partial charge is 0.207 e. The zero-order valence-electron chi connectivity index (χ0n) is 5.76. The van der Waals surface area contributed by atoms with Crippen molar-refractivity contribution in [1.82, 2.24) is 0 Å². The minimum atomic E-state index is -0.147. The molecule has 0 radical (unpaired) electrons. The zero-order chi connectivity index (χ0) is 7.56. The summed E-state index contributed by atoms with van der Waals surface area (Å²) in [6.07, 6.45) is 0. The number of rotatable bonds is 1. The lowest BCUT2D eigenvalue weighted by atomic mass is 10.1. The molecule has 0 fully saturated rings. The van der Waals surface area contributed by atoms with E-state index in [1.54, 1.807) is 13.0 Å². The first kappa shape index (κ1) is 7.61. The fourth-order valence-corrected chi connectivity index (χ4v) is 1.17. The van der Waals surface area contributed by atoms with Gasteiger partial charge in [0.2, 0.25) is 0 Å². The van der Waals surface area contributed by atoms with E-state index in [-0.39, 0.29) is 5.82 Å². The Morgan fingerprint density at radius 1 is 1.50 bits per heavy atom. The van der Waals surface area contributed by atoms with Gasteiger partial charge >= 0.3 is 0 Å². The Bertz CT molecular complexity index is 233. The van der Waals surface area contributed by atoms with Crippen molar-refractivity contribution < 1.29 is 4.39 Å². The van der Waals surface area contributed by atoms with Gasteiger partial charge in [-0.05, 0) is 24.1 Å². The van der Waals surface area contributed by atoms with E-state index in [0.29, 0.717) is 11.3 Å². The monoisotopic (exact) mass is 156 g/mol. The quantitative estimate of drug-likeness (QED) is 0.593. The molecule has 1 rings (SSSR count). The first-order chi connectivity index (χ1) is 4.75. The molecule has 0 saturated carbocycles. The Labute approximate surface area is 65.5 Å². The van der Waals surface area contributed by atoms with E-state index >= 15 is 0 Å². The summed E-state index contributed by atoms with van der Waals surface area (Å²) in [6.45, 7) is 1.76. The van der Waals surface area contributed by atoms with Crippen LogP contribution in [0.4, 0.5) is 4.39 Å². The highest BCUT2D eigenvalue weighted by Crippen LogP contribution is 2.13. The van der Waals surface area contributed by atoms with Gasteiger partial charge in [-0.15, -0.1) is 0 Å². The molecule has 0 aliphatic heterocycles. The molecule has 1 aromatic rings. The van der Waals surface area contributed by atoms with E-state index in [2.05, 4.69) is 12.6 Å². The van der Waals surface area contributed by atoms with Crippen molar-refractivity contribution in [1.29, 1.82) is 0 Å². The highest BCUT2D eigenvalue weighted by atomic mass is 32.1. The zero-order valence-corrected chi connectivity index (χ0v) is 6.66. The molecule has 0 bridgehead atoms. The van der Waals surface area contributed by atoms with Gasteiger partial charge in [-0.1, -0.05) is 12.1 Å². The molecule has 0 atom stereocenters. The maximum absolute atomic E-state index is 12.7. The van der Waals surface area contributed by atoms with Crippen molar-refractivity contribution >= 4 is 12.6 Å². The highest BCUT2D eigenvalue weighted by molar-refractivity contribution is 7.79. The molecule has 0 aliphatic rings. The third-order valence-electron chi connectivity index (χ3n) is 1.55. The van der Waals surface area contributed by atoms with Crippen LogP contribution in [0.1, 0.15) is 11.1 Å². The first-order valence-corrected chi connectivity index (χ1v) is 3.74. The van der Waals surface area contributed by atoms with Crippen molar-refractivity contribution in [3.05, 3.63) is 35.1 Å². The summed E-state index contributed by atoms with van der Waals surface area (Å²) < 4.78 is 12.7. The molecule has 54 valence electrons. The molecule has 0 heterocycles. The molecule has 0 amide bonds. The summed E-state index contributed by atoms with van der Waals surface area (Å²) in [7, 11) is 0. The van der Waals surface area contributed by atoms with Gasteiger partial charge in [0.05, 0.1) is 0 Å². The highest BCUT2D eigenvalue weighted by Gasteiger charge is 1.99. The maximum atomic E-state index is 12.7. The lowest BCUT2D eigenvalue weighted by molar-refractivity contribution is 0.616. The molecule has 0 unspecified atom stereocenters. The molecule has 0 aliphatic carbocycles. The normalized spacial score (nSPS) is 9.90. The summed E-state index contributed by atoms with van der Waals surface area (Å²) in [4.78, 5) is 0. The predicted molar refractivity (Wildman–Crippen MR) is 43.8 cm³/mol. The minimum Gasteiger partial charge on any atom is -0.207 e. The second-order valence-electron chi connectivity index (χ2n) is 2.18. The molecule has 0 saturated heterocycles. The topological polar surface area (TPSA) is 0 Å². The first-order valence-electron chi connectivity index (χ1n) is 3.10. The van der Waals surface area contributed by atoms with Crippen LogP contribution in [0.25, 0.3) is 0 Å². The lowest BCUT2D eigenvalue weighted by Crippen LogP contribution is -1.87. The third kappa shape index (κ3) is 1.32. The number of thiol groups is 1. The summed E-state index contributed by atoms with van der Waals surface area (Å²) in [5.74, 6) is 0.454. The van der Waals surface area contributed by atoms with Crippen LogP contribution >= 0.6 is 12.6 Å². The second kappa shape index (κ2) is 3.06. The Hall–Kier alpha value is -0.500. The van der Waals surface area contributed by atoms with E-state index in [9.17, 15) is 4.39 Å².